The predicted molar refractivity (Wildman–Crippen MR) is 134 cm³/mol. The average Bonchev–Trinajstić information content (AvgIpc) is 3.52. The number of carbonyl (C=O) groups is 2. The molecule has 2 amide bonds. The Morgan fingerprint density at radius 3 is 2.73 bits per heavy atom. The van der Waals surface area contributed by atoms with Crippen molar-refractivity contribution in [2.45, 2.75) is 56.1 Å². The Morgan fingerprint density at radius 2 is 1.94 bits per heavy atom. The number of thioether (sulfide) groups is 1. The molecule has 6 nitrogen and oxygen atoms in total. The molecule has 7 heteroatoms. The van der Waals surface area contributed by atoms with Gasteiger partial charge in [0.1, 0.15) is 0 Å². The van der Waals surface area contributed by atoms with Gasteiger partial charge in [-0.2, -0.15) is 0 Å². The zero-order valence-corrected chi connectivity index (χ0v) is 20.0. The molecule has 2 unspecified atom stereocenters. The molecule has 2 aliphatic rings. The van der Waals surface area contributed by atoms with Gasteiger partial charge in [0.05, 0.1) is 11.7 Å². The van der Waals surface area contributed by atoms with E-state index < -0.39 is 0 Å². The van der Waals surface area contributed by atoms with E-state index in [0.29, 0.717) is 5.56 Å². The van der Waals surface area contributed by atoms with Crippen LogP contribution in [0.3, 0.4) is 0 Å². The number of nitrogens with one attached hydrogen (secondary N) is 2. The molecule has 176 valence electrons. The van der Waals surface area contributed by atoms with Crippen molar-refractivity contribution in [3.8, 4) is 0 Å². The molecule has 33 heavy (non-hydrogen) atoms. The number of carbonyl (C=O) groups excluding carboxylic acids is 2. The summed E-state index contributed by atoms with van der Waals surface area (Å²) < 4.78 is 5.70. The van der Waals surface area contributed by atoms with Crippen LogP contribution in [0.4, 0.5) is 11.4 Å². The van der Waals surface area contributed by atoms with Crippen LogP contribution in [0.15, 0.2) is 53.4 Å². The minimum atomic E-state index is -0.282. The lowest BCUT2D eigenvalue weighted by Crippen LogP contribution is -2.35. The van der Waals surface area contributed by atoms with E-state index in [0.717, 1.165) is 54.6 Å². The number of benzene rings is 2. The first-order valence-electron chi connectivity index (χ1n) is 11.9. The van der Waals surface area contributed by atoms with Crippen LogP contribution in [-0.4, -0.2) is 49.4 Å². The van der Waals surface area contributed by atoms with Crippen molar-refractivity contribution >= 4 is 35.0 Å². The lowest BCUT2D eigenvalue weighted by Gasteiger charge is -2.19. The van der Waals surface area contributed by atoms with Crippen molar-refractivity contribution in [2.75, 3.05) is 35.7 Å². The van der Waals surface area contributed by atoms with E-state index in [2.05, 4.69) is 21.6 Å². The first kappa shape index (κ1) is 23.6. The third-order valence-corrected chi connectivity index (χ3v) is 7.26. The van der Waals surface area contributed by atoms with Crippen LogP contribution in [0.25, 0.3) is 0 Å². The zero-order valence-electron chi connectivity index (χ0n) is 19.2. The second kappa shape index (κ2) is 11.6. The average molecular weight is 468 g/mol. The molecule has 2 aromatic carbocycles. The van der Waals surface area contributed by atoms with Crippen molar-refractivity contribution in [3.05, 3.63) is 54.1 Å². The molecule has 2 heterocycles. The van der Waals surface area contributed by atoms with Crippen molar-refractivity contribution in [2.24, 2.45) is 0 Å². The fourth-order valence-electron chi connectivity index (χ4n) is 4.34. The summed E-state index contributed by atoms with van der Waals surface area (Å²) in [4.78, 5) is 28.8. The van der Waals surface area contributed by atoms with Crippen molar-refractivity contribution in [3.63, 3.8) is 0 Å². The summed E-state index contributed by atoms with van der Waals surface area (Å²) in [7, 11) is 0. The minimum Gasteiger partial charge on any atom is -0.377 e. The molecule has 0 radical (unpaired) electrons. The van der Waals surface area contributed by atoms with E-state index in [1.54, 1.807) is 11.8 Å². The van der Waals surface area contributed by atoms with E-state index in [-0.39, 0.29) is 30.4 Å². The van der Waals surface area contributed by atoms with Gasteiger partial charge in [-0.1, -0.05) is 18.2 Å². The van der Waals surface area contributed by atoms with Crippen LogP contribution >= 0.6 is 11.8 Å². The highest BCUT2D eigenvalue weighted by atomic mass is 32.2. The van der Waals surface area contributed by atoms with E-state index in [1.807, 2.05) is 49.4 Å². The van der Waals surface area contributed by atoms with E-state index in [4.69, 9.17) is 4.74 Å². The van der Waals surface area contributed by atoms with Crippen molar-refractivity contribution in [1.82, 2.24) is 5.32 Å². The molecular formula is C26H33N3O3S. The van der Waals surface area contributed by atoms with Gasteiger partial charge in [0.15, 0.2) is 0 Å². The van der Waals surface area contributed by atoms with Gasteiger partial charge >= 0.3 is 0 Å². The summed E-state index contributed by atoms with van der Waals surface area (Å²) >= 11 is 1.66. The Balaban J connectivity index is 1.28. The number of nitrogens with zero attached hydrogens (tertiary/aromatic N) is 1. The molecule has 0 saturated carbocycles. The van der Waals surface area contributed by atoms with Crippen LogP contribution in [-0.2, 0) is 9.53 Å². The Labute approximate surface area is 200 Å². The van der Waals surface area contributed by atoms with Gasteiger partial charge in [-0.05, 0) is 62.9 Å². The third-order valence-electron chi connectivity index (χ3n) is 6.05. The number of hydrogen-bond acceptors (Lipinski definition) is 5. The smallest absolute Gasteiger partial charge is 0.252 e. The number of hydrogen-bond donors (Lipinski definition) is 2. The lowest BCUT2D eigenvalue weighted by atomic mass is 10.1. The van der Waals surface area contributed by atoms with Crippen LogP contribution < -0.4 is 15.5 Å². The van der Waals surface area contributed by atoms with Crippen LogP contribution in [0.5, 0.6) is 0 Å². The van der Waals surface area contributed by atoms with Crippen LogP contribution in [0, 0.1) is 0 Å². The Morgan fingerprint density at radius 1 is 1.12 bits per heavy atom. The zero-order chi connectivity index (χ0) is 23.0. The molecular weight excluding hydrogens is 434 g/mol. The predicted octanol–water partition coefficient (Wildman–Crippen LogP) is 4.71. The highest BCUT2D eigenvalue weighted by Crippen LogP contribution is 2.27. The Hall–Kier alpha value is -2.51. The quantitative estimate of drug-likeness (QED) is 0.523. The van der Waals surface area contributed by atoms with Crippen molar-refractivity contribution < 1.29 is 14.3 Å². The summed E-state index contributed by atoms with van der Waals surface area (Å²) in [6.45, 7) is 4.82. The second-order valence-electron chi connectivity index (χ2n) is 8.81. The highest BCUT2D eigenvalue weighted by Gasteiger charge is 2.20. The van der Waals surface area contributed by atoms with Gasteiger partial charge in [-0.3, -0.25) is 9.59 Å². The summed E-state index contributed by atoms with van der Waals surface area (Å²) in [6.07, 6.45) is 5.08. The van der Waals surface area contributed by atoms with Gasteiger partial charge in [0.25, 0.3) is 5.91 Å². The number of ether oxygens (including phenoxy) is 1. The number of amides is 2. The Bertz CT molecular complexity index is 955. The first-order chi connectivity index (χ1) is 16.1. The summed E-state index contributed by atoms with van der Waals surface area (Å²) in [5.74, 6) is 0.586. The van der Waals surface area contributed by atoms with Gasteiger partial charge in [0.2, 0.25) is 5.91 Å². The normalized spacial score (nSPS) is 18.8. The largest absolute Gasteiger partial charge is 0.377 e. The maximum Gasteiger partial charge on any atom is 0.252 e. The van der Waals surface area contributed by atoms with E-state index in [9.17, 15) is 9.59 Å². The maximum absolute atomic E-state index is 12.9. The fourth-order valence-corrected chi connectivity index (χ4v) is 5.46. The van der Waals surface area contributed by atoms with E-state index in [1.165, 1.54) is 12.8 Å². The van der Waals surface area contributed by atoms with E-state index >= 15 is 0 Å². The standard InChI is InChI=1S/C26H33N3O3S/c1-19(16-25(30)28-20-8-6-9-21(17-20)29-13-4-5-14-29)27-26(31)23-11-2-3-12-24(23)33-18-22-10-7-15-32-22/h2-3,6,8-9,11-12,17,19,22H,4-5,7,10,13-16,18H2,1H3,(H,27,31)(H,28,30). The molecule has 2 atom stereocenters. The second-order valence-corrected chi connectivity index (χ2v) is 9.88. The molecule has 0 aromatic heterocycles. The van der Waals surface area contributed by atoms with Gasteiger partial charge in [0, 0.05) is 54.2 Å². The summed E-state index contributed by atoms with van der Waals surface area (Å²) in [6, 6.07) is 15.3. The van der Waals surface area contributed by atoms with Crippen LogP contribution in [0.2, 0.25) is 0 Å². The SMILES string of the molecule is CC(CC(=O)Nc1cccc(N2CCCC2)c1)NC(=O)c1ccccc1SCC1CCCO1. The molecule has 2 fully saturated rings. The molecule has 2 aromatic rings. The van der Waals surface area contributed by atoms with Gasteiger partial charge in [-0.15, -0.1) is 11.8 Å². The molecule has 0 aliphatic carbocycles. The van der Waals surface area contributed by atoms with Gasteiger partial charge in [-0.25, -0.2) is 0 Å². The molecule has 2 saturated heterocycles. The number of rotatable bonds is 9. The lowest BCUT2D eigenvalue weighted by molar-refractivity contribution is -0.116. The fraction of sp³-hybridized carbons (Fsp3) is 0.462. The summed E-state index contributed by atoms with van der Waals surface area (Å²) in [5, 5.41) is 5.96. The monoisotopic (exact) mass is 467 g/mol. The number of anilines is 2. The highest BCUT2D eigenvalue weighted by molar-refractivity contribution is 7.99. The first-order valence-corrected chi connectivity index (χ1v) is 12.9. The molecule has 2 N–H and O–H groups in total. The molecule has 0 bridgehead atoms. The van der Waals surface area contributed by atoms with Crippen LogP contribution in [0.1, 0.15) is 49.4 Å². The topological polar surface area (TPSA) is 70.7 Å². The summed E-state index contributed by atoms with van der Waals surface area (Å²) in [5.41, 5.74) is 2.58. The molecule has 0 spiro atoms. The third kappa shape index (κ3) is 6.74. The molecule has 2 aliphatic heterocycles. The maximum atomic E-state index is 12.9. The minimum absolute atomic E-state index is 0.109. The van der Waals surface area contributed by atoms with Crippen molar-refractivity contribution in [1.29, 1.82) is 0 Å². The van der Waals surface area contributed by atoms with Gasteiger partial charge < -0.3 is 20.3 Å². The molecule has 4 rings (SSSR count). The Kier molecular flexibility index (Phi) is 8.29.